The van der Waals surface area contributed by atoms with E-state index in [9.17, 15) is 0 Å². The van der Waals surface area contributed by atoms with Crippen LogP contribution < -0.4 is 10.2 Å². The molecule has 3 rings (SSSR count). The van der Waals surface area contributed by atoms with E-state index in [4.69, 9.17) is 0 Å². The Balaban J connectivity index is 2.11. The molecule has 1 N–H and O–H groups in total. The predicted octanol–water partition coefficient (Wildman–Crippen LogP) is 4.64. The van der Waals surface area contributed by atoms with Gasteiger partial charge in [0.25, 0.3) is 0 Å². The lowest BCUT2D eigenvalue weighted by atomic mass is 9.95. The molecule has 2 nitrogen and oxygen atoms in total. The van der Waals surface area contributed by atoms with Gasteiger partial charge in [-0.2, -0.15) is 0 Å². The van der Waals surface area contributed by atoms with Crippen LogP contribution in [0.1, 0.15) is 24.5 Å². The van der Waals surface area contributed by atoms with Crippen molar-refractivity contribution in [1.82, 2.24) is 5.32 Å². The Morgan fingerprint density at radius 3 is 2.81 bits per heavy atom. The molecule has 0 aliphatic carbocycles. The van der Waals surface area contributed by atoms with Gasteiger partial charge >= 0.3 is 0 Å². The Morgan fingerprint density at radius 2 is 2.00 bits per heavy atom. The van der Waals surface area contributed by atoms with Gasteiger partial charge in [0.05, 0.1) is 0 Å². The average molecular weight is 345 g/mol. The fourth-order valence-electron chi connectivity index (χ4n) is 3.18. The van der Waals surface area contributed by atoms with Gasteiger partial charge in [0.15, 0.2) is 0 Å². The third-order valence-electron chi connectivity index (χ3n) is 4.19. The van der Waals surface area contributed by atoms with Gasteiger partial charge in [-0.1, -0.05) is 34.1 Å². The molecule has 2 aromatic rings. The number of hydrogen-bond acceptors (Lipinski definition) is 2. The molecule has 0 fully saturated rings. The summed E-state index contributed by atoms with van der Waals surface area (Å²) in [6, 6.07) is 15.9. The van der Waals surface area contributed by atoms with Gasteiger partial charge in [-0.25, -0.2) is 0 Å². The van der Waals surface area contributed by atoms with Gasteiger partial charge in [-0.15, -0.1) is 0 Å². The zero-order valence-electron chi connectivity index (χ0n) is 12.6. The van der Waals surface area contributed by atoms with Crippen LogP contribution in [-0.2, 0) is 13.0 Å². The van der Waals surface area contributed by atoms with Gasteiger partial charge in [-0.3, -0.25) is 0 Å². The number of benzene rings is 2. The van der Waals surface area contributed by atoms with Crippen LogP contribution in [-0.4, -0.2) is 13.1 Å². The van der Waals surface area contributed by atoms with Crippen molar-refractivity contribution in [2.24, 2.45) is 0 Å². The lowest BCUT2D eigenvalue weighted by Gasteiger charge is -2.38. The summed E-state index contributed by atoms with van der Waals surface area (Å²) < 4.78 is 1.13. The van der Waals surface area contributed by atoms with Crippen molar-refractivity contribution in [2.45, 2.75) is 32.4 Å². The third kappa shape index (κ3) is 2.85. The number of nitrogens with zero attached hydrogens (tertiary/aromatic N) is 1. The molecular formula is C18H21BrN2. The first-order valence-corrected chi connectivity index (χ1v) is 8.30. The SMILES string of the molecule is CNCc1cc(Br)ccc1N1c2ccccc2CCC1C. The van der Waals surface area contributed by atoms with Crippen LogP contribution >= 0.6 is 15.9 Å². The second-order valence-corrected chi connectivity index (χ2v) is 6.61. The maximum atomic E-state index is 3.59. The van der Waals surface area contributed by atoms with Crippen molar-refractivity contribution in [3.8, 4) is 0 Å². The van der Waals surface area contributed by atoms with Gasteiger partial charge < -0.3 is 10.2 Å². The summed E-state index contributed by atoms with van der Waals surface area (Å²) in [5.41, 5.74) is 5.45. The number of anilines is 2. The lowest BCUT2D eigenvalue weighted by molar-refractivity contribution is 0.615. The molecule has 1 aliphatic heterocycles. The first-order valence-electron chi connectivity index (χ1n) is 7.51. The first kappa shape index (κ1) is 14.6. The maximum absolute atomic E-state index is 3.59. The Hall–Kier alpha value is -1.32. The monoisotopic (exact) mass is 344 g/mol. The number of fused-ring (bicyclic) bond motifs is 1. The van der Waals surface area contributed by atoms with Crippen molar-refractivity contribution in [2.75, 3.05) is 11.9 Å². The molecule has 3 heteroatoms. The summed E-state index contributed by atoms with van der Waals surface area (Å²) >= 11 is 3.59. The van der Waals surface area contributed by atoms with Gasteiger partial charge in [0.2, 0.25) is 0 Å². The van der Waals surface area contributed by atoms with E-state index in [1.807, 2.05) is 7.05 Å². The molecule has 0 bridgehead atoms. The van der Waals surface area contributed by atoms with Crippen LogP contribution in [0.5, 0.6) is 0 Å². The summed E-state index contributed by atoms with van der Waals surface area (Å²) in [6.07, 6.45) is 2.37. The average Bonchev–Trinajstić information content (AvgIpc) is 2.49. The number of aryl methyl sites for hydroxylation is 1. The van der Waals surface area contributed by atoms with Crippen molar-refractivity contribution >= 4 is 27.3 Å². The Morgan fingerprint density at radius 1 is 1.19 bits per heavy atom. The molecule has 110 valence electrons. The van der Waals surface area contributed by atoms with Gasteiger partial charge in [0, 0.05) is 28.4 Å². The summed E-state index contributed by atoms with van der Waals surface area (Å²) in [5, 5.41) is 3.28. The van der Waals surface area contributed by atoms with E-state index in [0.29, 0.717) is 6.04 Å². The molecule has 1 unspecified atom stereocenters. The quantitative estimate of drug-likeness (QED) is 0.872. The van der Waals surface area contributed by atoms with Crippen molar-refractivity contribution < 1.29 is 0 Å². The molecule has 1 aliphatic rings. The number of para-hydroxylation sites is 1. The van der Waals surface area contributed by atoms with Crippen LogP contribution in [0.25, 0.3) is 0 Å². The normalized spacial score (nSPS) is 17.7. The largest absolute Gasteiger partial charge is 0.338 e. The summed E-state index contributed by atoms with van der Waals surface area (Å²) in [5.74, 6) is 0. The molecule has 1 heterocycles. The minimum Gasteiger partial charge on any atom is -0.338 e. The number of hydrogen-bond donors (Lipinski definition) is 1. The molecule has 0 spiro atoms. The highest BCUT2D eigenvalue weighted by Crippen LogP contribution is 2.39. The Kier molecular flexibility index (Phi) is 4.32. The predicted molar refractivity (Wildman–Crippen MR) is 93.3 cm³/mol. The van der Waals surface area contributed by atoms with Crippen LogP contribution in [0.2, 0.25) is 0 Å². The standard InChI is InChI=1S/C18H21BrN2/c1-13-7-8-14-5-3-4-6-17(14)21(13)18-10-9-16(19)11-15(18)12-20-2/h3-6,9-11,13,20H,7-8,12H2,1-2H3. The number of nitrogens with one attached hydrogen (secondary N) is 1. The molecule has 0 saturated heterocycles. The molecule has 0 saturated carbocycles. The van der Waals surface area contributed by atoms with Crippen molar-refractivity contribution in [1.29, 1.82) is 0 Å². The van der Waals surface area contributed by atoms with Crippen LogP contribution in [0, 0.1) is 0 Å². The van der Waals surface area contributed by atoms with E-state index in [0.717, 1.165) is 11.0 Å². The van der Waals surface area contributed by atoms with Gasteiger partial charge in [0.1, 0.15) is 0 Å². The molecule has 1 atom stereocenters. The Bertz CT molecular complexity index is 639. The van der Waals surface area contributed by atoms with E-state index < -0.39 is 0 Å². The van der Waals surface area contributed by atoms with E-state index in [1.165, 1.54) is 35.3 Å². The Labute approximate surface area is 135 Å². The topological polar surface area (TPSA) is 15.3 Å². The smallest absolute Gasteiger partial charge is 0.0459 e. The van der Waals surface area contributed by atoms with E-state index >= 15 is 0 Å². The molecule has 2 aromatic carbocycles. The van der Waals surface area contributed by atoms with Gasteiger partial charge in [-0.05, 0) is 62.2 Å². The lowest BCUT2D eigenvalue weighted by Crippen LogP contribution is -2.34. The maximum Gasteiger partial charge on any atom is 0.0459 e. The third-order valence-corrected chi connectivity index (χ3v) is 4.68. The zero-order valence-corrected chi connectivity index (χ0v) is 14.2. The molecule has 0 amide bonds. The molecule has 0 aromatic heterocycles. The molecule has 0 radical (unpaired) electrons. The first-order chi connectivity index (χ1) is 10.2. The van der Waals surface area contributed by atoms with Crippen molar-refractivity contribution in [3.05, 3.63) is 58.1 Å². The highest BCUT2D eigenvalue weighted by molar-refractivity contribution is 9.10. The second-order valence-electron chi connectivity index (χ2n) is 5.69. The number of rotatable bonds is 3. The van der Waals surface area contributed by atoms with Crippen LogP contribution in [0.4, 0.5) is 11.4 Å². The molecule has 21 heavy (non-hydrogen) atoms. The minimum atomic E-state index is 0.525. The summed E-state index contributed by atoms with van der Waals surface area (Å²) in [7, 11) is 2.00. The van der Waals surface area contributed by atoms with Crippen LogP contribution in [0.3, 0.4) is 0 Å². The summed E-state index contributed by atoms with van der Waals surface area (Å²) in [4.78, 5) is 2.50. The second kappa shape index (κ2) is 6.20. The molecular weight excluding hydrogens is 324 g/mol. The minimum absolute atomic E-state index is 0.525. The zero-order chi connectivity index (χ0) is 14.8. The fourth-order valence-corrected chi connectivity index (χ4v) is 3.59. The fraction of sp³-hybridized carbons (Fsp3) is 0.333. The van der Waals surface area contributed by atoms with Crippen molar-refractivity contribution in [3.63, 3.8) is 0 Å². The van der Waals surface area contributed by atoms with E-state index in [1.54, 1.807) is 0 Å². The van der Waals surface area contributed by atoms with Crippen LogP contribution in [0.15, 0.2) is 46.9 Å². The van der Waals surface area contributed by atoms with E-state index in [2.05, 4.69) is 75.5 Å². The van der Waals surface area contributed by atoms with E-state index in [-0.39, 0.29) is 0 Å². The highest BCUT2D eigenvalue weighted by Gasteiger charge is 2.25. The highest BCUT2D eigenvalue weighted by atomic mass is 79.9. The number of halogens is 1. The summed E-state index contributed by atoms with van der Waals surface area (Å²) in [6.45, 7) is 3.20.